The number of rotatable bonds is 0. The topological polar surface area (TPSA) is 54.7 Å². The molecule has 0 aliphatic heterocycles. The molecule has 13 heavy (non-hydrogen) atoms. The number of hydrogen-bond donors (Lipinski definition) is 2. The zero-order chi connectivity index (χ0) is 8.84. The number of thiazole rings is 1. The van der Waals surface area contributed by atoms with Crippen molar-refractivity contribution in [1.29, 1.82) is 0 Å². The van der Waals surface area contributed by atoms with Gasteiger partial charge in [0.05, 0.1) is 10.2 Å². The molecule has 64 valence electrons. The summed E-state index contributed by atoms with van der Waals surface area (Å²) in [5, 5.41) is 2.95. The first kappa shape index (κ1) is 6.91. The fraction of sp³-hybridized carbons (Fsp3) is 0. The number of benzene rings is 1. The second kappa shape index (κ2) is 2.23. The predicted octanol–water partition coefficient (Wildman–Crippen LogP) is 2.36. The number of nitrogens with two attached hydrogens (primary N) is 1. The number of hydrogen-bond acceptors (Lipinski definition) is 3. The molecule has 2 aromatic heterocycles. The smallest absolute Gasteiger partial charge is 0.181 e. The van der Waals surface area contributed by atoms with Crippen LogP contribution in [0.4, 0.5) is 5.13 Å². The Balaban J connectivity index is 2.64. The molecule has 0 saturated heterocycles. The van der Waals surface area contributed by atoms with Gasteiger partial charge in [-0.15, -0.1) is 0 Å². The Hall–Kier alpha value is -1.55. The van der Waals surface area contributed by atoms with E-state index in [4.69, 9.17) is 5.73 Å². The van der Waals surface area contributed by atoms with Gasteiger partial charge in [0.2, 0.25) is 0 Å². The Bertz CT molecular complexity index is 579. The quantitative estimate of drug-likeness (QED) is 0.570. The number of anilines is 1. The van der Waals surface area contributed by atoms with Crippen molar-refractivity contribution in [2.45, 2.75) is 0 Å². The summed E-state index contributed by atoms with van der Waals surface area (Å²) in [7, 11) is 0. The lowest BCUT2D eigenvalue weighted by molar-refractivity contribution is 1.43. The summed E-state index contributed by atoms with van der Waals surface area (Å²) in [5.74, 6) is 0. The van der Waals surface area contributed by atoms with Crippen LogP contribution in [0.3, 0.4) is 0 Å². The van der Waals surface area contributed by atoms with Gasteiger partial charge in [-0.3, -0.25) is 0 Å². The van der Waals surface area contributed by atoms with Gasteiger partial charge >= 0.3 is 0 Å². The molecule has 0 amide bonds. The summed E-state index contributed by atoms with van der Waals surface area (Å²) < 4.78 is 1.14. The fourth-order valence-electron chi connectivity index (χ4n) is 1.54. The number of nitrogens with one attached hydrogen (secondary N) is 1. The van der Waals surface area contributed by atoms with Crippen LogP contribution in [-0.2, 0) is 0 Å². The molecule has 3 aromatic rings. The third kappa shape index (κ3) is 0.860. The van der Waals surface area contributed by atoms with Gasteiger partial charge in [0.15, 0.2) is 5.13 Å². The van der Waals surface area contributed by atoms with E-state index in [1.807, 2.05) is 12.4 Å². The van der Waals surface area contributed by atoms with Crippen molar-refractivity contribution in [3.8, 4) is 0 Å². The third-order valence-electron chi connectivity index (χ3n) is 2.12. The van der Waals surface area contributed by atoms with E-state index in [-0.39, 0.29) is 0 Å². The predicted molar refractivity (Wildman–Crippen MR) is 55.9 cm³/mol. The Labute approximate surface area is 78.2 Å². The van der Waals surface area contributed by atoms with Crippen molar-refractivity contribution in [3.63, 3.8) is 0 Å². The lowest BCUT2D eigenvalue weighted by atomic mass is 10.2. The molecule has 0 atom stereocenters. The van der Waals surface area contributed by atoms with Crippen LogP contribution in [0, 0.1) is 0 Å². The second-order valence-corrected chi connectivity index (χ2v) is 3.98. The maximum Gasteiger partial charge on any atom is 0.181 e. The van der Waals surface area contributed by atoms with Crippen LogP contribution in [-0.4, -0.2) is 9.97 Å². The molecule has 0 radical (unpaired) electrons. The van der Waals surface area contributed by atoms with Crippen molar-refractivity contribution in [2.75, 3.05) is 5.73 Å². The highest BCUT2D eigenvalue weighted by Gasteiger charge is 2.05. The van der Waals surface area contributed by atoms with E-state index in [1.165, 1.54) is 16.7 Å². The summed E-state index contributed by atoms with van der Waals surface area (Å²) >= 11 is 1.52. The highest BCUT2D eigenvalue weighted by Crippen LogP contribution is 2.29. The molecule has 3 N–H and O–H groups in total. The van der Waals surface area contributed by atoms with Gasteiger partial charge < -0.3 is 10.7 Å². The highest BCUT2D eigenvalue weighted by molar-refractivity contribution is 7.22. The molecule has 3 nitrogen and oxygen atoms in total. The SMILES string of the molecule is Nc1nc2c(ccc3c[nH]cc32)s1. The minimum absolute atomic E-state index is 0.628. The third-order valence-corrected chi connectivity index (χ3v) is 2.97. The zero-order valence-corrected chi connectivity index (χ0v) is 7.56. The fourth-order valence-corrected chi connectivity index (χ4v) is 2.29. The van der Waals surface area contributed by atoms with Crippen LogP contribution >= 0.6 is 11.3 Å². The largest absolute Gasteiger partial charge is 0.375 e. The minimum Gasteiger partial charge on any atom is -0.375 e. The van der Waals surface area contributed by atoms with Gasteiger partial charge in [0, 0.05) is 23.2 Å². The van der Waals surface area contributed by atoms with E-state index in [2.05, 4.69) is 22.1 Å². The van der Waals surface area contributed by atoms with Crippen molar-refractivity contribution in [2.24, 2.45) is 0 Å². The van der Waals surface area contributed by atoms with Crippen molar-refractivity contribution >= 4 is 37.5 Å². The molecule has 4 heteroatoms. The van der Waals surface area contributed by atoms with Crippen molar-refractivity contribution < 1.29 is 0 Å². The molecule has 0 aliphatic carbocycles. The summed E-state index contributed by atoms with van der Waals surface area (Å²) in [6.07, 6.45) is 3.92. The number of H-pyrrole nitrogens is 1. The van der Waals surface area contributed by atoms with Crippen LogP contribution in [0.2, 0.25) is 0 Å². The van der Waals surface area contributed by atoms with Crippen LogP contribution in [0.15, 0.2) is 24.5 Å². The number of aromatic nitrogens is 2. The summed E-state index contributed by atoms with van der Waals surface area (Å²) in [6, 6.07) is 4.13. The Kier molecular flexibility index (Phi) is 1.19. The molecule has 0 aliphatic rings. The molecule has 0 unspecified atom stereocenters. The monoisotopic (exact) mass is 189 g/mol. The van der Waals surface area contributed by atoms with E-state index in [0.29, 0.717) is 5.13 Å². The normalized spacial score (nSPS) is 11.4. The van der Waals surface area contributed by atoms with Crippen LogP contribution < -0.4 is 5.73 Å². The molecular formula is C9H7N3S. The average Bonchev–Trinajstić information content (AvgIpc) is 2.65. The van der Waals surface area contributed by atoms with Crippen molar-refractivity contribution in [3.05, 3.63) is 24.5 Å². The first-order chi connectivity index (χ1) is 6.34. The molecule has 0 fully saturated rings. The number of nitrogens with zero attached hydrogens (tertiary/aromatic N) is 1. The maximum atomic E-state index is 5.65. The summed E-state index contributed by atoms with van der Waals surface area (Å²) in [6.45, 7) is 0. The Morgan fingerprint density at radius 1 is 1.31 bits per heavy atom. The molecule has 0 bridgehead atoms. The van der Waals surface area contributed by atoms with E-state index in [9.17, 15) is 0 Å². The lowest BCUT2D eigenvalue weighted by Gasteiger charge is -1.88. The minimum atomic E-state index is 0.628. The Morgan fingerprint density at radius 3 is 3.15 bits per heavy atom. The van der Waals surface area contributed by atoms with Crippen LogP contribution in [0.25, 0.3) is 21.0 Å². The van der Waals surface area contributed by atoms with Gasteiger partial charge in [-0.2, -0.15) is 0 Å². The molecular weight excluding hydrogens is 182 g/mol. The standard InChI is InChI=1S/C9H7N3S/c10-9-12-8-6-4-11-3-5(6)1-2-7(8)13-9/h1-4,11H,(H2,10,12). The second-order valence-electron chi connectivity index (χ2n) is 2.92. The van der Waals surface area contributed by atoms with E-state index in [0.717, 1.165) is 15.6 Å². The highest BCUT2D eigenvalue weighted by atomic mass is 32.1. The molecule has 0 spiro atoms. The van der Waals surface area contributed by atoms with Crippen LogP contribution in [0.1, 0.15) is 0 Å². The molecule has 2 heterocycles. The summed E-state index contributed by atoms with van der Waals surface area (Å²) in [4.78, 5) is 7.35. The van der Waals surface area contributed by atoms with Gasteiger partial charge in [-0.05, 0) is 6.07 Å². The first-order valence-corrected chi connectivity index (χ1v) is 4.78. The molecule has 0 saturated carbocycles. The summed E-state index contributed by atoms with van der Waals surface area (Å²) in [5.41, 5.74) is 6.65. The van der Waals surface area contributed by atoms with Crippen LogP contribution in [0.5, 0.6) is 0 Å². The van der Waals surface area contributed by atoms with Gasteiger partial charge in [-0.1, -0.05) is 17.4 Å². The van der Waals surface area contributed by atoms with E-state index < -0.39 is 0 Å². The number of nitrogen functional groups attached to an aromatic ring is 1. The lowest BCUT2D eigenvalue weighted by Crippen LogP contribution is -1.79. The molecule has 3 rings (SSSR count). The average molecular weight is 189 g/mol. The van der Waals surface area contributed by atoms with E-state index in [1.54, 1.807) is 0 Å². The Morgan fingerprint density at radius 2 is 2.23 bits per heavy atom. The number of fused-ring (bicyclic) bond motifs is 3. The van der Waals surface area contributed by atoms with Gasteiger partial charge in [-0.25, -0.2) is 4.98 Å². The van der Waals surface area contributed by atoms with E-state index >= 15 is 0 Å². The first-order valence-electron chi connectivity index (χ1n) is 3.96. The van der Waals surface area contributed by atoms with Gasteiger partial charge in [0.25, 0.3) is 0 Å². The van der Waals surface area contributed by atoms with Gasteiger partial charge in [0.1, 0.15) is 0 Å². The maximum absolute atomic E-state index is 5.65. The number of aromatic amines is 1. The van der Waals surface area contributed by atoms with Crippen molar-refractivity contribution in [1.82, 2.24) is 9.97 Å². The molecule has 1 aromatic carbocycles. The zero-order valence-electron chi connectivity index (χ0n) is 6.74.